The van der Waals surface area contributed by atoms with Gasteiger partial charge in [-0.3, -0.25) is 0 Å². The molecule has 0 aliphatic carbocycles. The van der Waals surface area contributed by atoms with E-state index in [1.807, 2.05) is 0 Å². The van der Waals surface area contributed by atoms with E-state index >= 15 is 0 Å². The van der Waals surface area contributed by atoms with Crippen molar-refractivity contribution < 1.29 is 0 Å². The van der Waals surface area contributed by atoms with Crippen molar-refractivity contribution in [2.45, 2.75) is 76.2 Å². The molecule has 7 aromatic carbocycles. The summed E-state index contributed by atoms with van der Waals surface area (Å²) >= 11 is 0. The molecule has 7 aromatic rings. The molecule has 0 aliphatic rings. The SMILES string of the molecule is Cc1cc(C)c2ccccc2c1C.Cc1ccc(-c2ccc(C)cc2)cc1.Cc1ccc(C)c(C)c1.Cc1ccc2c(C)ccc(C)c2c1. The number of hydrogen-bond acceptors (Lipinski definition) is 0. The molecule has 0 aromatic heterocycles. The molecule has 0 heterocycles. The summed E-state index contributed by atoms with van der Waals surface area (Å²) in [6.45, 7) is 23.6. The summed E-state index contributed by atoms with van der Waals surface area (Å²) in [6.07, 6.45) is 0. The lowest BCUT2D eigenvalue weighted by Gasteiger charge is -2.08. The maximum Gasteiger partial charge on any atom is -0.0149 e. The summed E-state index contributed by atoms with van der Waals surface area (Å²) in [5.74, 6) is 0. The number of hydrogen-bond donors (Lipinski definition) is 0. The third kappa shape index (κ3) is 10.0. The fourth-order valence-corrected chi connectivity index (χ4v) is 6.02. The van der Waals surface area contributed by atoms with Gasteiger partial charge in [-0.15, -0.1) is 0 Å². The highest BCUT2D eigenvalue weighted by Crippen LogP contribution is 2.25. The molecule has 0 saturated carbocycles. The number of benzene rings is 7. The third-order valence-electron chi connectivity index (χ3n) is 9.49. The molecular weight excluding hydrogens is 589 g/mol. The Morgan fingerprint density at radius 2 is 0.673 bits per heavy atom. The first-order valence-corrected chi connectivity index (χ1v) is 17.4. The maximum atomic E-state index is 2.26. The number of rotatable bonds is 1. The van der Waals surface area contributed by atoms with Crippen LogP contribution in [0.15, 0.2) is 127 Å². The fourth-order valence-electron chi connectivity index (χ4n) is 6.02. The van der Waals surface area contributed by atoms with Crippen LogP contribution in [-0.4, -0.2) is 0 Å². The molecular formula is C49H54. The second kappa shape index (κ2) is 16.9. The molecule has 0 radical (unpaired) electrons. The molecule has 0 bridgehead atoms. The molecule has 0 fully saturated rings. The van der Waals surface area contributed by atoms with Crippen LogP contribution in [0.2, 0.25) is 0 Å². The molecule has 49 heavy (non-hydrogen) atoms. The second-order valence-electron chi connectivity index (χ2n) is 13.7. The molecule has 0 N–H and O–H groups in total. The zero-order valence-electron chi connectivity index (χ0n) is 31.6. The van der Waals surface area contributed by atoms with E-state index in [-0.39, 0.29) is 0 Å². The van der Waals surface area contributed by atoms with Crippen LogP contribution >= 0.6 is 0 Å². The molecule has 0 unspecified atom stereocenters. The predicted octanol–water partition coefficient (Wildman–Crippen LogP) is 14.1. The van der Waals surface area contributed by atoms with Crippen LogP contribution in [0.5, 0.6) is 0 Å². The van der Waals surface area contributed by atoms with Gasteiger partial charge in [0.1, 0.15) is 0 Å². The van der Waals surface area contributed by atoms with Crippen LogP contribution in [0.4, 0.5) is 0 Å². The Balaban J connectivity index is 0.000000149. The Bertz CT molecular complexity index is 2100. The van der Waals surface area contributed by atoms with E-state index in [2.05, 4.69) is 204 Å². The summed E-state index contributed by atoms with van der Waals surface area (Å²) in [5.41, 5.74) is 17.5. The van der Waals surface area contributed by atoms with Crippen LogP contribution in [0.25, 0.3) is 32.7 Å². The summed E-state index contributed by atoms with van der Waals surface area (Å²) in [5, 5.41) is 5.54. The van der Waals surface area contributed by atoms with Crippen LogP contribution in [0, 0.1) is 76.2 Å². The van der Waals surface area contributed by atoms with Gasteiger partial charge in [0.15, 0.2) is 0 Å². The highest BCUT2D eigenvalue weighted by Gasteiger charge is 2.02. The average Bonchev–Trinajstić information content (AvgIpc) is 3.09. The molecule has 0 aliphatic heterocycles. The molecule has 0 amide bonds. The van der Waals surface area contributed by atoms with E-state index in [0.717, 1.165) is 0 Å². The molecule has 0 spiro atoms. The Labute approximate surface area is 296 Å². The average molecular weight is 643 g/mol. The van der Waals surface area contributed by atoms with Crippen LogP contribution in [0.3, 0.4) is 0 Å². The molecule has 250 valence electrons. The van der Waals surface area contributed by atoms with Crippen molar-refractivity contribution >= 4 is 21.5 Å². The minimum Gasteiger partial charge on any atom is -0.0616 e. The molecule has 0 atom stereocenters. The van der Waals surface area contributed by atoms with Crippen molar-refractivity contribution in [3.05, 3.63) is 189 Å². The van der Waals surface area contributed by atoms with E-state index < -0.39 is 0 Å². The standard InChI is InChI=1S/C14H14.2C13H14.C9H12/c1-11-3-7-13(8-4-11)14-9-5-12(2)6-10-14;1-9-4-7-12-10(2)5-6-11(3)13(12)8-9;1-9-8-10(2)12-6-4-5-7-13(12)11(9)3;1-7-4-5-8(2)9(3)6-7/h3-10H,1-2H3;2*4-8H,1-3H3;4-6H,1-3H3. The van der Waals surface area contributed by atoms with Gasteiger partial charge in [-0.25, -0.2) is 0 Å². The van der Waals surface area contributed by atoms with E-state index in [0.29, 0.717) is 0 Å². The Morgan fingerprint density at radius 3 is 1.20 bits per heavy atom. The summed E-state index contributed by atoms with van der Waals surface area (Å²) in [4.78, 5) is 0. The molecule has 0 heteroatoms. The van der Waals surface area contributed by atoms with Crippen molar-refractivity contribution in [3.63, 3.8) is 0 Å². The third-order valence-corrected chi connectivity index (χ3v) is 9.49. The monoisotopic (exact) mass is 642 g/mol. The second-order valence-corrected chi connectivity index (χ2v) is 13.7. The first-order valence-electron chi connectivity index (χ1n) is 17.4. The van der Waals surface area contributed by atoms with E-state index in [1.54, 1.807) is 0 Å². The van der Waals surface area contributed by atoms with E-state index in [9.17, 15) is 0 Å². The van der Waals surface area contributed by atoms with Crippen molar-refractivity contribution in [2.24, 2.45) is 0 Å². The van der Waals surface area contributed by atoms with Gasteiger partial charge in [-0.2, -0.15) is 0 Å². The van der Waals surface area contributed by atoms with Crippen molar-refractivity contribution in [3.8, 4) is 11.1 Å². The highest BCUT2D eigenvalue weighted by molar-refractivity contribution is 5.90. The summed E-state index contributed by atoms with van der Waals surface area (Å²) in [7, 11) is 0. The van der Waals surface area contributed by atoms with Gasteiger partial charge in [-0.05, 0) is 148 Å². The van der Waals surface area contributed by atoms with Crippen molar-refractivity contribution in [1.29, 1.82) is 0 Å². The Morgan fingerprint density at radius 1 is 0.245 bits per heavy atom. The normalized spacial score (nSPS) is 10.3. The lowest BCUT2D eigenvalue weighted by Crippen LogP contribution is -1.86. The first kappa shape index (κ1) is 36.9. The van der Waals surface area contributed by atoms with E-state index in [4.69, 9.17) is 0 Å². The van der Waals surface area contributed by atoms with Crippen LogP contribution in [0.1, 0.15) is 61.2 Å². The van der Waals surface area contributed by atoms with Crippen LogP contribution < -0.4 is 0 Å². The first-order chi connectivity index (χ1) is 23.3. The predicted molar refractivity (Wildman–Crippen MR) is 218 cm³/mol. The number of aryl methyl sites for hydroxylation is 11. The zero-order valence-corrected chi connectivity index (χ0v) is 31.6. The smallest absolute Gasteiger partial charge is 0.0149 e. The van der Waals surface area contributed by atoms with E-state index in [1.165, 1.54) is 93.9 Å². The summed E-state index contributed by atoms with van der Waals surface area (Å²) < 4.78 is 0. The minimum absolute atomic E-state index is 1.29. The Kier molecular flexibility index (Phi) is 12.8. The maximum absolute atomic E-state index is 2.26. The number of fused-ring (bicyclic) bond motifs is 2. The topological polar surface area (TPSA) is 0 Å². The molecule has 0 saturated heterocycles. The Hall–Kier alpha value is -4.94. The molecule has 0 nitrogen and oxygen atoms in total. The zero-order chi connectivity index (χ0) is 35.7. The van der Waals surface area contributed by atoms with Gasteiger partial charge >= 0.3 is 0 Å². The van der Waals surface area contributed by atoms with Gasteiger partial charge in [-0.1, -0.05) is 150 Å². The largest absolute Gasteiger partial charge is 0.0616 e. The van der Waals surface area contributed by atoms with Crippen LogP contribution in [-0.2, 0) is 0 Å². The van der Waals surface area contributed by atoms with Gasteiger partial charge in [0.2, 0.25) is 0 Å². The van der Waals surface area contributed by atoms with Gasteiger partial charge in [0.25, 0.3) is 0 Å². The van der Waals surface area contributed by atoms with Gasteiger partial charge in [0, 0.05) is 0 Å². The lowest BCUT2D eigenvalue weighted by molar-refractivity contribution is 1.30. The fraction of sp³-hybridized carbons (Fsp3) is 0.224. The quantitative estimate of drug-likeness (QED) is 0.167. The lowest BCUT2D eigenvalue weighted by atomic mass is 9.97. The minimum atomic E-state index is 1.29. The van der Waals surface area contributed by atoms with Crippen molar-refractivity contribution in [2.75, 3.05) is 0 Å². The molecule has 7 rings (SSSR count). The van der Waals surface area contributed by atoms with Gasteiger partial charge < -0.3 is 0 Å². The van der Waals surface area contributed by atoms with Crippen molar-refractivity contribution in [1.82, 2.24) is 0 Å². The highest BCUT2D eigenvalue weighted by atomic mass is 14.1. The van der Waals surface area contributed by atoms with Gasteiger partial charge in [0.05, 0.1) is 0 Å². The summed E-state index contributed by atoms with van der Waals surface area (Å²) in [6, 6.07) is 45.7.